The van der Waals surface area contributed by atoms with Crippen LogP contribution >= 0.6 is 11.6 Å². The van der Waals surface area contributed by atoms with Gasteiger partial charge in [-0.2, -0.15) is 0 Å². The van der Waals surface area contributed by atoms with Gasteiger partial charge in [-0.25, -0.2) is 4.79 Å². The molecule has 4 rings (SSSR count). The highest BCUT2D eigenvalue weighted by atomic mass is 35.5. The van der Waals surface area contributed by atoms with E-state index in [0.29, 0.717) is 21.4 Å². The second-order valence-corrected chi connectivity index (χ2v) is 6.75. The molecule has 27 heavy (non-hydrogen) atoms. The summed E-state index contributed by atoms with van der Waals surface area (Å²) in [6.45, 7) is 1.47. The van der Waals surface area contributed by atoms with Crippen molar-refractivity contribution in [3.8, 4) is 0 Å². The van der Waals surface area contributed by atoms with Gasteiger partial charge in [-0.05, 0) is 25.1 Å². The molecule has 2 aliphatic rings. The third-order valence-electron chi connectivity index (χ3n) is 4.41. The average Bonchev–Trinajstić information content (AvgIpc) is 3.18. The summed E-state index contributed by atoms with van der Waals surface area (Å²) in [7, 11) is 0. The van der Waals surface area contributed by atoms with Crippen LogP contribution in [0.15, 0.2) is 53.7 Å². The molecule has 0 saturated carbocycles. The Hall–Kier alpha value is -3.19. The standard InChI is InChI=1S/C19H13ClN2O5/c1-19(10-15(21-27-19)13-8-4-5-9-14(13)20)18(25)26-22-16(23)11-6-2-3-7-12(11)17(22)24/h2-9H,10H2,1H3. The van der Waals surface area contributed by atoms with Gasteiger partial charge in [0.25, 0.3) is 11.8 Å². The highest BCUT2D eigenvalue weighted by Gasteiger charge is 2.48. The van der Waals surface area contributed by atoms with Gasteiger partial charge in [0, 0.05) is 17.0 Å². The van der Waals surface area contributed by atoms with Crippen LogP contribution in [0.5, 0.6) is 0 Å². The average molecular weight is 385 g/mol. The topological polar surface area (TPSA) is 85.3 Å². The Labute approximate surface area is 159 Å². The maximum absolute atomic E-state index is 12.6. The molecule has 0 aromatic heterocycles. The number of halogens is 1. The van der Waals surface area contributed by atoms with Crippen molar-refractivity contribution in [2.24, 2.45) is 5.16 Å². The highest BCUT2D eigenvalue weighted by Crippen LogP contribution is 2.32. The second-order valence-electron chi connectivity index (χ2n) is 6.35. The van der Waals surface area contributed by atoms with Crippen molar-refractivity contribution in [1.82, 2.24) is 5.06 Å². The van der Waals surface area contributed by atoms with Crippen molar-refractivity contribution >= 4 is 35.1 Å². The molecule has 2 aromatic carbocycles. The van der Waals surface area contributed by atoms with Crippen LogP contribution in [0.4, 0.5) is 0 Å². The molecule has 136 valence electrons. The Morgan fingerprint density at radius 2 is 1.63 bits per heavy atom. The zero-order chi connectivity index (χ0) is 19.2. The summed E-state index contributed by atoms with van der Waals surface area (Å²) in [5.74, 6) is -2.29. The Kier molecular flexibility index (Phi) is 3.96. The third kappa shape index (κ3) is 2.76. The fourth-order valence-electron chi connectivity index (χ4n) is 2.92. The quantitative estimate of drug-likeness (QED) is 0.759. The van der Waals surface area contributed by atoms with Gasteiger partial charge in [-0.3, -0.25) is 9.59 Å². The Morgan fingerprint density at radius 3 is 2.22 bits per heavy atom. The summed E-state index contributed by atoms with van der Waals surface area (Å²) < 4.78 is 0. The van der Waals surface area contributed by atoms with E-state index in [1.165, 1.54) is 19.1 Å². The summed E-state index contributed by atoms with van der Waals surface area (Å²) in [4.78, 5) is 47.7. The maximum atomic E-state index is 12.6. The van der Waals surface area contributed by atoms with E-state index >= 15 is 0 Å². The molecular weight excluding hydrogens is 372 g/mol. The number of oxime groups is 1. The monoisotopic (exact) mass is 384 g/mol. The number of carbonyl (C=O) groups is 3. The Balaban J connectivity index is 1.51. The molecule has 0 N–H and O–H groups in total. The van der Waals surface area contributed by atoms with E-state index in [1.807, 2.05) is 0 Å². The van der Waals surface area contributed by atoms with Crippen molar-refractivity contribution in [3.63, 3.8) is 0 Å². The van der Waals surface area contributed by atoms with Crippen molar-refractivity contribution in [1.29, 1.82) is 0 Å². The number of hydroxylamine groups is 2. The molecule has 0 bridgehead atoms. The minimum absolute atomic E-state index is 0.0821. The van der Waals surface area contributed by atoms with Gasteiger partial charge >= 0.3 is 5.97 Å². The van der Waals surface area contributed by atoms with Crippen LogP contribution in [0.3, 0.4) is 0 Å². The maximum Gasteiger partial charge on any atom is 0.379 e. The fraction of sp³-hybridized carbons (Fsp3) is 0.158. The number of amides is 2. The van der Waals surface area contributed by atoms with Crippen LogP contribution < -0.4 is 0 Å². The second kappa shape index (κ2) is 6.21. The first kappa shape index (κ1) is 17.2. The lowest BCUT2D eigenvalue weighted by Gasteiger charge is -2.21. The minimum Gasteiger partial charge on any atom is -0.377 e. The van der Waals surface area contributed by atoms with E-state index in [1.54, 1.807) is 36.4 Å². The van der Waals surface area contributed by atoms with E-state index in [-0.39, 0.29) is 17.5 Å². The predicted octanol–water partition coefficient (Wildman–Crippen LogP) is 2.98. The van der Waals surface area contributed by atoms with Crippen LogP contribution in [0.2, 0.25) is 5.02 Å². The summed E-state index contributed by atoms with van der Waals surface area (Å²) in [5, 5.41) is 4.86. The smallest absolute Gasteiger partial charge is 0.377 e. The SMILES string of the molecule is CC1(C(=O)ON2C(=O)c3ccccc3C2=O)CC(c2ccccc2Cl)=NO1. The molecular formula is C19H13ClN2O5. The first-order chi connectivity index (χ1) is 12.9. The lowest BCUT2D eigenvalue weighted by Crippen LogP contribution is -2.43. The molecule has 0 saturated heterocycles. The lowest BCUT2D eigenvalue weighted by atomic mass is 9.96. The molecule has 2 aliphatic heterocycles. The van der Waals surface area contributed by atoms with Crippen LogP contribution in [-0.4, -0.2) is 34.2 Å². The summed E-state index contributed by atoms with van der Waals surface area (Å²) in [6, 6.07) is 13.3. The van der Waals surface area contributed by atoms with Crippen molar-refractivity contribution in [2.75, 3.05) is 0 Å². The van der Waals surface area contributed by atoms with Gasteiger partial charge in [0.1, 0.15) is 0 Å². The van der Waals surface area contributed by atoms with E-state index in [0.717, 1.165) is 0 Å². The van der Waals surface area contributed by atoms with Gasteiger partial charge in [0.15, 0.2) is 0 Å². The predicted molar refractivity (Wildman–Crippen MR) is 95.1 cm³/mol. The number of hydrogen-bond donors (Lipinski definition) is 0. The van der Waals surface area contributed by atoms with E-state index < -0.39 is 23.4 Å². The number of nitrogens with zero attached hydrogens (tertiary/aromatic N) is 2. The van der Waals surface area contributed by atoms with Crippen LogP contribution in [0.25, 0.3) is 0 Å². The molecule has 2 amide bonds. The Morgan fingerprint density at radius 1 is 1.07 bits per heavy atom. The van der Waals surface area contributed by atoms with Crippen molar-refractivity contribution in [2.45, 2.75) is 18.9 Å². The number of benzene rings is 2. The number of carbonyl (C=O) groups excluding carboxylic acids is 3. The zero-order valence-electron chi connectivity index (χ0n) is 14.1. The lowest BCUT2D eigenvalue weighted by molar-refractivity contribution is -0.191. The third-order valence-corrected chi connectivity index (χ3v) is 4.74. The van der Waals surface area contributed by atoms with E-state index in [2.05, 4.69) is 5.16 Å². The number of hydrogen-bond acceptors (Lipinski definition) is 6. The van der Waals surface area contributed by atoms with Gasteiger partial charge < -0.3 is 9.68 Å². The van der Waals surface area contributed by atoms with Gasteiger partial charge in [0.2, 0.25) is 5.60 Å². The normalized spacial score (nSPS) is 21.0. The fourth-order valence-corrected chi connectivity index (χ4v) is 3.16. The Bertz CT molecular complexity index is 984. The zero-order valence-corrected chi connectivity index (χ0v) is 14.9. The first-order valence-electron chi connectivity index (χ1n) is 8.11. The highest BCUT2D eigenvalue weighted by molar-refractivity contribution is 6.34. The number of imide groups is 1. The van der Waals surface area contributed by atoms with Gasteiger partial charge in [-0.15, -0.1) is 0 Å². The number of fused-ring (bicyclic) bond motifs is 1. The summed E-state index contributed by atoms with van der Waals surface area (Å²) in [6.07, 6.45) is 0.0821. The van der Waals surface area contributed by atoms with Crippen molar-refractivity contribution < 1.29 is 24.1 Å². The van der Waals surface area contributed by atoms with Crippen LogP contribution in [-0.2, 0) is 14.5 Å². The first-order valence-corrected chi connectivity index (χ1v) is 8.49. The molecule has 2 heterocycles. The summed E-state index contributed by atoms with van der Waals surface area (Å²) >= 11 is 6.15. The molecule has 8 heteroatoms. The van der Waals surface area contributed by atoms with Crippen molar-refractivity contribution in [3.05, 3.63) is 70.2 Å². The van der Waals surface area contributed by atoms with Crippen LogP contribution in [0, 0.1) is 0 Å². The van der Waals surface area contributed by atoms with Gasteiger partial charge in [-0.1, -0.05) is 52.2 Å². The largest absolute Gasteiger partial charge is 0.379 e. The summed E-state index contributed by atoms with van der Waals surface area (Å²) in [5.41, 5.74) is -0.00968. The van der Waals surface area contributed by atoms with Crippen LogP contribution in [0.1, 0.15) is 39.6 Å². The molecule has 0 aliphatic carbocycles. The molecule has 1 atom stereocenters. The molecule has 0 fully saturated rings. The molecule has 0 radical (unpaired) electrons. The number of rotatable bonds is 3. The molecule has 7 nitrogen and oxygen atoms in total. The molecule has 0 spiro atoms. The molecule has 2 aromatic rings. The molecule has 1 unspecified atom stereocenters. The van der Waals surface area contributed by atoms with E-state index in [9.17, 15) is 14.4 Å². The minimum atomic E-state index is -1.48. The van der Waals surface area contributed by atoms with E-state index in [4.69, 9.17) is 21.3 Å². The van der Waals surface area contributed by atoms with Gasteiger partial charge in [0.05, 0.1) is 16.8 Å².